The van der Waals surface area contributed by atoms with Gasteiger partial charge in [-0.25, -0.2) is 9.59 Å². The Bertz CT molecular complexity index is 668. The van der Waals surface area contributed by atoms with Gasteiger partial charge >= 0.3 is 12.1 Å². The molecule has 7 nitrogen and oxygen atoms in total. The van der Waals surface area contributed by atoms with E-state index in [9.17, 15) is 9.59 Å². The average Bonchev–Trinajstić information content (AvgIpc) is 2.97. The molecular weight excluding hydrogens is 374 g/mol. The van der Waals surface area contributed by atoms with E-state index in [2.05, 4.69) is 5.32 Å². The molecule has 1 aromatic rings. The van der Waals surface area contributed by atoms with Gasteiger partial charge in [-0.05, 0) is 59.4 Å². The summed E-state index contributed by atoms with van der Waals surface area (Å²) in [4.78, 5) is 24.8. The maximum Gasteiger partial charge on any atom is 0.408 e. The van der Waals surface area contributed by atoms with Gasteiger partial charge in [0.1, 0.15) is 18.2 Å². The molecule has 0 unspecified atom stereocenters. The van der Waals surface area contributed by atoms with Gasteiger partial charge < -0.3 is 24.3 Å². The van der Waals surface area contributed by atoms with E-state index in [1.165, 1.54) is 0 Å². The van der Waals surface area contributed by atoms with Gasteiger partial charge in [-0.15, -0.1) is 0 Å². The summed E-state index contributed by atoms with van der Waals surface area (Å²) in [5.41, 5.74) is 0.235. The Labute approximate surface area is 173 Å². The number of carbonyl (C=O) groups is 2. The van der Waals surface area contributed by atoms with Crippen molar-refractivity contribution in [2.75, 3.05) is 6.61 Å². The topological polar surface area (TPSA) is 83.1 Å². The van der Waals surface area contributed by atoms with Crippen molar-refractivity contribution in [1.82, 2.24) is 5.32 Å². The van der Waals surface area contributed by atoms with Gasteiger partial charge in [-0.1, -0.05) is 30.3 Å². The van der Waals surface area contributed by atoms with Crippen molar-refractivity contribution in [3.05, 3.63) is 35.9 Å². The molecule has 2 atom stereocenters. The van der Waals surface area contributed by atoms with Crippen LogP contribution in [0.25, 0.3) is 0 Å². The van der Waals surface area contributed by atoms with E-state index in [-0.39, 0.29) is 12.7 Å². The second-order valence-corrected chi connectivity index (χ2v) is 8.67. The highest BCUT2D eigenvalue weighted by atomic mass is 16.7. The molecule has 1 heterocycles. The summed E-state index contributed by atoms with van der Waals surface area (Å²) in [6.07, 6.45) is 1.16. The van der Waals surface area contributed by atoms with Gasteiger partial charge in [0.25, 0.3) is 0 Å². The Kier molecular flexibility index (Phi) is 8.05. The minimum absolute atomic E-state index is 0.0208. The summed E-state index contributed by atoms with van der Waals surface area (Å²) in [6.45, 7) is 9.74. The lowest BCUT2D eigenvalue weighted by atomic mass is 10.1. The van der Waals surface area contributed by atoms with Crippen molar-refractivity contribution in [1.29, 1.82) is 0 Å². The van der Waals surface area contributed by atoms with Gasteiger partial charge in [-0.2, -0.15) is 0 Å². The fraction of sp³-hybridized carbons (Fsp3) is 0.636. The van der Waals surface area contributed by atoms with Crippen molar-refractivity contribution in [2.24, 2.45) is 0 Å². The fourth-order valence-corrected chi connectivity index (χ4v) is 2.98. The summed E-state index contributed by atoms with van der Waals surface area (Å²) >= 11 is 0. The zero-order valence-corrected chi connectivity index (χ0v) is 18.0. The van der Waals surface area contributed by atoms with E-state index in [1.807, 2.05) is 44.2 Å². The van der Waals surface area contributed by atoms with E-state index in [0.29, 0.717) is 19.4 Å². The Morgan fingerprint density at radius 2 is 1.93 bits per heavy atom. The number of hydrogen-bond acceptors (Lipinski definition) is 6. The number of hydrogen-bond donors (Lipinski definition) is 1. The number of ether oxygens (including phenoxy) is 4. The molecule has 1 saturated heterocycles. The summed E-state index contributed by atoms with van der Waals surface area (Å²) in [7, 11) is 0. The maximum absolute atomic E-state index is 12.6. The van der Waals surface area contributed by atoms with Crippen LogP contribution in [0.1, 0.15) is 59.4 Å². The monoisotopic (exact) mass is 407 g/mol. The van der Waals surface area contributed by atoms with Gasteiger partial charge in [0.05, 0.1) is 12.7 Å². The zero-order valence-electron chi connectivity index (χ0n) is 18.0. The number of rotatable bonds is 8. The van der Waals surface area contributed by atoms with Crippen LogP contribution in [-0.4, -0.2) is 42.2 Å². The molecule has 7 heteroatoms. The van der Waals surface area contributed by atoms with Gasteiger partial charge in [0, 0.05) is 0 Å². The zero-order chi connectivity index (χ0) is 21.5. The lowest BCUT2D eigenvalue weighted by molar-refractivity contribution is -0.148. The van der Waals surface area contributed by atoms with E-state index in [0.717, 1.165) is 12.0 Å². The number of esters is 1. The van der Waals surface area contributed by atoms with E-state index in [1.54, 1.807) is 20.8 Å². The predicted octanol–water partition coefficient (Wildman–Crippen LogP) is 3.94. The number of nitrogens with one attached hydrogen (secondary N) is 1. The highest BCUT2D eigenvalue weighted by molar-refractivity contribution is 5.81. The first-order chi connectivity index (χ1) is 13.5. The molecule has 29 heavy (non-hydrogen) atoms. The Hall–Kier alpha value is -2.12. The smallest absolute Gasteiger partial charge is 0.408 e. The molecular formula is C22H33NO6. The molecule has 162 valence electrons. The van der Waals surface area contributed by atoms with Crippen LogP contribution in [0.5, 0.6) is 0 Å². The summed E-state index contributed by atoms with van der Waals surface area (Å²) in [6, 6.07) is 8.62. The van der Waals surface area contributed by atoms with Crippen molar-refractivity contribution in [3.63, 3.8) is 0 Å². The predicted molar refractivity (Wildman–Crippen MR) is 108 cm³/mol. The van der Waals surface area contributed by atoms with Crippen LogP contribution in [0.15, 0.2) is 30.3 Å². The molecule has 2 rings (SSSR count). The van der Waals surface area contributed by atoms with E-state index >= 15 is 0 Å². The fourth-order valence-electron chi connectivity index (χ4n) is 2.98. The van der Waals surface area contributed by atoms with Crippen LogP contribution in [-0.2, 0) is 30.3 Å². The van der Waals surface area contributed by atoms with Gasteiger partial charge in [-0.3, -0.25) is 0 Å². The van der Waals surface area contributed by atoms with Crippen LogP contribution in [0.4, 0.5) is 4.79 Å². The molecule has 0 radical (unpaired) electrons. The SMILES string of the molecule is CC(C)(C)OC(=O)N[C@@H](CCC[C@@H]1COC(C)(C)O1)C(=O)OCc1ccccc1. The molecule has 1 aliphatic rings. The minimum Gasteiger partial charge on any atom is -0.459 e. The number of alkyl carbamates (subject to hydrolysis) is 1. The second kappa shape index (κ2) is 10.1. The second-order valence-electron chi connectivity index (χ2n) is 8.67. The van der Waals surface area contributed by atoms with Crippen LogP contribution < -0.4 is 5.32 Å². The molecule has 0 aromatic heterocycles. The molecule has 1 N–H and O–H groups in total. The summed E-state index contributed by atoms with van der Waals surface area (Å²) < 4.78 is 22.1. The molecule has 1 amide bonds. The van der Waals surface area contributed by atoms with E-state index < -0.39 is 29.5 Å². The number of amides is 1. The van der Waals surface area contributed by atoms with Crippen molar-refractivity contribution in [3.8, 4) is 0 Å². The first-order valence-corrected chi connectivity index (χ1v) is 10.1. The summed E-state index contributed by atoms with van der Waals surface area (Å²) in [5, 5.41) is 2.64. The van der Waals surface area contributed by atoms with Crippen molar-refractivity contribution in [2.45, 2.75) is 84.0 Å². The third-order valence-corrected chi connectivity index (χ3v) is 4.29. The lowest BCUT2D eigenvalue weighted by Crippen LogP contribution is -2.44. The van der Waals surface area contributed by atoms with Crippen molar-refractivity contribution >= 4 is 12.1 Å². The van der Waals surface area contributed by atoms with E-state index in [4.69, 9.17) is 18.9 Å². The quantitative estimate of drug-likeness (QED) is 0.657. The van der Waals surface area contributed by atoms with Gasteiger partial charge in [0.15, 0.2) is 5.79 Å². The Morgan fingerprint density at radius 1 is 1.24 bits per heavy atom. The molecule has 1 aliphatic heterocycles. The molecule has 1 fully saturated rings. The Morgan fingerprint density at radius 3 is 2.52 bits per heavy atom. The molecule has 1 aromatic carbocycles. The highest BCUT2D eigenvalue weighted by Crippen LogP contribution is 2.25. The minimum atomic E-state index is -0.788. The molecule has 0 bridgehead atoms. The Balaban J connectivity index is 1.89. The first-order valence-electron chi connectivity index (χ1n) is 10.1. The highest BCUT2D eigenvalue weighted by Gasteiger charge is 2.33. The van der Waals surface area contributed by atoms with Crippen LogP contribution in [0.3, 0.4) is 0 Å². The lowest BCUT2D eigenvalue weighted by Gasteiger charge is -2.23. The molecule has 0 aliphatic carbocycles. The first kappa shape index (κ1) is 23.2. The molecule has 0 spiro atoms. The van der Waals surface area contributed by atoms with Crippen LogP contribution in [0.2, 0.25) is 0 Å². The van der Waals surface area contributed by atoms with Crippen molar-refractivity contribution < 1.29 is 28.5 Å². The standard InChI is InChI=1S/C22H33NO6/c1-21(2,3)29-20(25)23-18(13-9-12-17-15-27-22(4,5)28-17)19(24)26-14-16-10-7-6-8-11-16/h6-8,10-11,17-18H,9,12-15H2,1-5H3,(H,23,25)/t17-,18+/m1/s1. The normalized spacial score (nSPS) is 19.4. The maximum atomic E-state index is 12.6. The number of benzene rings is 1. The summed E-state index contributed by atoms with van der Waals surface area (Å²) in [5.74, 6) is -1.06. The third kappa shape index (κ3) is 8.83. The van der Waals surface area contributed by atoms with Crippen LogP contribution >= 0.6 is 0 Å². The number of carbonyl (C=O) groups excluding carboxylic acids is 2. The largest absolute Gasteiger partial charge is 0.459 e. The molecule has 0 saturated carbocycles. The average molecular weight is 408 g/mol. The van der Waals surface area contributed by atoms with Crippen LogP contribution in [0, 0.1) is 0 Å². The third-order valence-electron chi connectivity index (χ3n) is 4.29. The van der Waals surface area contributed by atoms with Gasteiger partial charge in [0.2, 0.25) is 0 Å².